The van der Waals surface area contributed by atoms with Gasteiger partial charge in [0.15, 0.2) is 19.8 Å². The highest BCUT2D eigenvalue weighted by atomic mass is 32.2. The molecule has 0 bridgehead atoms. The van der Waals surface area contributed by atoms with E-state index in [1.54, 1.807) is 12.2 Å². The average molecular weight is 945 g/mol. The first kappa shape index (κ1) is 48.9. The largest absolute Gasteiger partial charge is 0.486 e. The van der Waals surface area contributed by atoms with Crippen molar-refractivity contribution in [1.29, 1.82) is 0 Å². The van der Waals surface area contributed by atoms with Crippen LogP contribution in [0.2, 0.25) is 19.6 Å². The Balaban J connectivity index is 1.25. The van der Waals surface area contributed by atoms with Crippen molar-refractivity contribution >= 4 is 55.3 Å². The number of likely N-dealkylation sites (tertiary alicyclic amines) is 1. The van der Waals surface area contributed by atoms with Gasteiger partial charge in [-0.2, -0.15) is 0 Å². The number of nitro benzene ring substituents is 2. The SMILES string of the molecule is C=CCOc1cnc(C(=O)NC[C@@H]2C[C@H](SC3=C(C(=O)OCc4ccc([N+](=O)[O-])cc4)N4C(=O)[C@H]([C@@H](C)O[Si](C)(C)C)[C@H]4[C@H]3C)CN2C(=O)OCc2ccc([N+](=O)[O-])cc2)cc1OCC=C. The molecule has 0 aliphatic carbocycles. The topological polar surface area (TPSA) is 232 Å². The fraction of sp³-hybridized carbons (Fsp3) is 0.400. The second-order valence-electron chi connectivity index (χ2n) is 16.8. The van der Waals surface area contributed by atoms with Gasteiger partial charge in [-0.1, -0.05) is 32.2 Å². The molecule has 21 heteroatoms. The van der Waals surface area contributed by atoms with Crippen LogP contribution in [0.4, 0.5) is 16.2 Å². The van der Waals surface area contributed by atoms with E-state index in [1.165, 1.54) is 82.4 Å². The Labute approximate surface area is 386 Å². The van der Waals surface area contributed by atoms with E-state index < -0.39 is 60.2 Å². The zero-order valence-electron chi connectivity index (χ0n) is 37.2. The lowest BCUT2D eigenvalue weighted by Gasteiger charge is -2.48. The number of ether oxygens (including phenoxy) is 4. The quantitative estimate of drug-likeness (QED) is 0.0285. The minimum Gasteiger partial charge on any atom is -0.486 e. The van der Waals surface area contributed by atoms with Crippen LogP contribution in [0.25, 0.3) is 0 Å². The van der Waals surface area contributed by atoms with Crippen LogP contribution in [-0.4, -0.2) is 107 Å². The number of amides is 3. The first-order chi connectivity index (χ1) is 31.4. The van der Waals surface area contributed by atoms with E-state index in [4.69, 9.17) is 23.4 Å². The maximum absolute atomic E-state index is 14.1. The number of hydrogen-bond donors (Lipinski definition) is 1. The number of nitro groups is 2. The molecule has 0 unspecified atom stereocenters. The number of carbonyl (C=O) groups excluding carboxylic acids is 4. The third-order valence-electron chi connectivity index (χ3n) is 11.0. The summed E-state index contributed by atoms with van der Waals surface area (Å²) in [4.78, 5) is 84.8. The van der Waals surface area contributed by atoms with Crippen molar-refractivity contribution in [3.05, 3.63) is 134 Å². The van der Waals surface area contributed by atoms with Crippen molar-refractivity contribution in [1.82, 2.24) is 20.1 Å². The Morgan fingerprint density at radius 3 is 2.08 bits per heavy atom. The summed E-state index contributed by atoms with van der Waals surface area (Å²) in [7, 11) is -2.08. The summed E-state index contributed by atoms with van der Waals surface area (Å²) in [6.45, 7) is 17.2. The summed E-state index contributed by atoms with van der Waals surface area (Å²) >= 11 is 1.35. The summed E-state index contributed by atoms with van der Waals surface area (Å²) in [5.74, 6) is -1.88. The van der Waals surface area contributed by atoms with Crippen molar-refractivity contribution in [3.63, 3.8) is 0 Å². The van der Waals surface area contributed by atoms with Crippen LogP contribution in [0, 0.1) is 32.1 Å². The molecule has 3 amide bonds. The summed E-state index contributed by atoms with van der Waals surface area (Å²) in [5.41, 5.74) is 0.900. The summed E-state index contributed by atoms with van der Waals surface area (Å²) in [5, 5.41) is 24.9. The number of rotatable bonds is 21. The molecule has 1 N–H and O–H groups in total. The van der Waals surface area contributed by atoms with Crippen LogP contribution in [0.3, 0.4) is 0 Å². The highest BCUT2D eigenvalue weighted by molar-refractivity contribution is 8.03. The molecule has 0 saturated carbocycles. The van der Waals surface area contributed by atoms with Gasteiger partial charge in [0.25, 0.3) is 17.3 Å². The number of nitrogens with one attached hydrogen (secondary N) is 1. The van der Waals surface area contributed by atoms with Gasteiger partial charge in [-0.15, -0.1) is 11.8 Å². The Bertz CT molecular complexity index is 2390. The zero-order valence-corrected chi connectivity index (χ0v) is 39.0. The molecule has 3 aromatic rings. The lowest BCUT2D eigenvalue weighted by atomic mass is 9.79. The van der Waals surface area contributed by atoms with Crippen molar-refractivity contribution in [2.75, 3.05) is 26.3 Å². The van der Waals surface area contributed by atoms with Crippen LogP contribution in [0.15, 0.2) is 96.7 Å². The molecule has 6 rings (SSSR count). The number of esters is 1. The lowest BCUT2D eigenvalue weighted by Crippen LogP contribution is -2.64. The molecule has 2 aromatic carbocycles. The van der Waals surface area contributed by atoms with Crippen LogP contribution in [0.1, 0.15) is 41.9 Å². The number of aromatic nitrogens is 1. The normalized spacial score (nSPS) is 20.4. The van der Waals surface area contributed by atoms with Crippen molar-refractivity contribution < 1.29 is 52.4 Å². The number of pyridine rings is 1. The number of non-ortho nitro benzene ring substituents is 2. The smallest absolute Gasteiger partial charge is 0.410 e. The standard InChI is InChI=1S/C45H52N6O13SSi/c1-8-18-60-36-21-35(46-23-37(36)61-19-9-2)42(52)47-22-33-20-34(24-48(33)45(55)63-26-30-12-16-32(17-13-30)51(58)59)65-41-27(3)39-38(28(4)64-66(5,6)7)43(53)49(39)40(41)44(54)62-25-29-10-14-31(15-11-29)50(56)57/h8-17,21,23,27-28,33-34,38-39H,1-2,18-20,22,24-26H2,3-7H3,(H,47,52)/t27-,28-,33+,34+,38-,39-/m1/s1. The Morgan fingerprint density at radius 2 is 1.52 bits per heavy atom. The molecule has 0 spiro atoms. The fourth-order valence-corrected chi connectivity index (χ4v) is 10.9. The molecule has 19 nitrogen and oxygen atoms in total. The lowest BCUT2D eigenvalue weighted by molar-refractivity contribution is -0.385. The van der Waals surface area contributed by atoms with E-state index in [0.717, 1.165) is 0 Å². The average Bonchev–Trinajstić information content (AvgIpc) is 3.80. The number of benzene rings is 2. The number of fused-ring (bicyclic) bond motifs is 1. The van der Waals surface area contributed by atoms with E-state index >= 15 is 0 Å². The molecule has 1 aromatic heterocycles. The summed E-state index contributed by atoms with van der Waals surface area (Å²) < 4.78 is 29.2. The predicted molar refractivity (Wildman–Crippen MR) is 245 cm³/mol. The molecular weight excluding hydrogens is 893 g/mol. The Kier molecular flexibility index (Phi) is 15.7. The second kappa shape index (κ2) is 21.2. The number of nitrogens with zero attached hydrogens (tertiary/aromatic N) is 5. The number of thioether (sulfide) groups is 1. The molecular formula is C45H52N6O13SSi. The van der Waals surface area contributed by atoms with Crippen molar-refractivity contribution in [2.45, 2.75) is 76.6 Å². The van der Waals surface area contributed by atoms with Crippen LogP contribution in [0.5, 0.6) is 11.5 Å². The molecule has 2 saturated heterocycles. The van der Waals surface area contributed by atoms with Gasteiger partial charge in [-0.3, -0.25) is 29.8 Å². The van der Waals surface area contributed by atoms with E-state index in [2.05, 4.69) is 23.5 Å². The predicted octanol–water partition coefficient (Wildman–Crippen LogP) is 6.94. The molecule has 3 aliphatic heterocycles. The molecule has 4 heterocycles. The van der Waals surface area contributed by atoms with E-state index in [9.17, 15) is 39.4 Å². The van der Waals surface area contributed by atoms with Gasteiger partial charge in [-0.05, 0) is 68.4 Å². The molecule has 2 fully saturated rings. The van der Waals surface area contributed by atoms with Gasteiger partial charge < -0.3 is 38.5 Å². The first-order valence-corrected chi connectivity index (χ1v) is 25.4. The Morgan fingerprint density at radius 1 is 0.939 bits per heavy atom. The van der Waals surface area contributed by atoms with Crippen LogP contribution in [-0.2, 0) is 36.7 Å². The van der Waals surface area contributed by atoms with Crippen LogP contribution < -0.4 is 14.8 Å². The number of β-lactam (4-membered cyclic amide) rings is 1. The summed E-state index contributed by atoms with van der Waals surface area (Å²) in [6, 6.07) is 11.6. The third kappa shape index (κ3) is 11.4. The van der Waals surface area contributed by atoms with E-state index in [0.29, 0.717) is 28.2 Å². The molecule has 350 valence electrons. The van der Waals surface area contributed by atoms with Crippen molar-refractivity contribution in [2.24, 2.45) is 11.8 Å². The van der Waals surface area contributed by atoms with E-state index in [1.807, 2.05) is 33.5 Å². The van der Waals surface area contributed by atoms with Gasteiger partial charge in [0, 0.05) is 59.5 Å². The highest BCUT2D eigenvalue weighted by Crippen LogP contribution is 2.53. The highest BCUT2D eigenvalue weighted by Gasteiger charge is 2.61. The molecule has 0 radical (unpaired) electrons. The van der Waals surface area contributed by atoms with Gasteiger partial charge in [0.1, 0.15) is 37.8 Å². The minimum absolute atomic E-state index is 0.0223. The third-order valence-corrected chi connectivity index (χ3v) is 13.6. The summed E-state index contributed by atoms with van der Waals surface area (Å²) in [6.07, 6.45) is 3.65. The molecule has 6 atom stereocenters. The fourth-order valence-electron chi connectivity index (χ4n) is 8.08. The van der Waals surface area contributed by atoms with Gasteiger partial charge in [0.2, 0.25) is 5.91 Å². The van der Waals surface area contributed by atoms with Crippen molar-refractivity contribution in [3.8, 4) is 11.5 Å². The van der Waals surface area contributed by atoms with Gasteiger partial charge in [-0.25, -0.2) is 14.6 Å². The van der Waals surface area contributed by atoms with Gasteiger partial charge in [0.05, 0.1) is 40.1 Å². The first-order valence-electron chi connectivity index (χ1n) is 21.1. The number of hydrogen-bond acceptors (Lipinski definition) is 15. The monoisotopic (exact) mass is 944 g/mol. The molecule has 66 heavy (non-hydrogen) atoms. The van der Waals surface area contributed by atoms with Gasteiger partial charge >= 0.3 is 12.1 Å². The maximum Gasteiger partial charge on any atom is 0.410 e. The molecule has 3 aliphatic rings. The Hall–Kier alpha value is -6.58. The number of carbonyl (C=O) groups is 4. The minimum atomic E-state index is -2.08. The van der Waals surface area contributed by atoms with E-state index in [-0.39, 0.29) is 85.1 Å². The zero-order chi connectivity index (χ0) is 47.9. The second-order valence-corrected chi connectivity index (χ2v) is 22.6. The maximum atomic E-state index is 14.1. The van der Waals surface area contributed by atoms with Crippen LogP contribution >= 0.6 is 11.8 Å².